The molecule has 0 radical (unpaired) electrons. The topological polar surface area (TPSA) is 30.4 Å². The molecule has 82 valence electrons. The fourth-order valence-electron chi connectivity index (χ4n) is 2.74. The Bertz CT molecular complexity index is 401. The van der Waals surface area contributed by atoms with Gasteiger partial charge in [-0.2, -0.15) is 5.10 Å². The molecule has 1 saturated carbocycles. The molecule has 1 aliphatic carbocycles. The van der Waals surface area contributed by atoms with Gasteiger partial charge >= 0.3 is 0 Å². The Hall–Kier alpha value is -0.350. The molecular formula is C11H15BrN2O. The van der Waals surface area contributed by atoms with E-state index in [-0.39, 0.29) is 5.60 Å². The molecule has 1 aliphatic heterocycles. The summed E-state index contributed by atoms with van der Waals surface area (Å²) in [6.07, 6.45) is 5.97. The van der Waals surface area contributed by atoms with Gasteiger partial charge in [0.1, 0.15) is 5.60 Å². The Morgan fingerprint density at radius 1 is 1.67 bits per heavy atom. The van der Waals surface area contributed by atoms with E-state index in [4.69, 9.17) is 4.74 Å². The predicted molar refractivity (Wildman–Crippen MR) is 60.7 cm³/mol. The smallest absolute Gasteiger partial charge is 0.137 e. The number of hydrogen-bond donors (Lipinski definition) is 0. The molecule has 0 aromatic carbocycles. The van der Waals surface area contributed by atoms with Crippen LogP contribution in [0.5, 0.6) is 0 Å². The van der Waals surface area contributed by atoms with E-state index in [2.05, 4.69) is 39.6 Å². The molecule has 2 heterocycles. The van der Waals surface area contributed by atoms with Crippen molar-refractivity contribution in [3.05, 3.63) is 16.4 Å². The van der Waals surface area contributed by atoms with Crippen LogP contribution in [-0.2, 0) is 10.3 Å². The largest absolute Gasteiger partial charge is 0.359 e. The molecule has 3 nitrogen and oxygen atoms in total. The van der Waals surface area contributed by atoms with Crippen LogP contribution in [0.4, 0.5) is 0 Å². The van der Waals surface area contributed by atoms with E-state index in [1.165, 1.54) is 18.5 Å². The second-order valence-corrected chi connectivity index (χ2v) is 5.62. The summed E-state index contributed by atoms with van der Waals surface area (Å²) < 4.78 is 9.06. The summed E-state index contributed by atoms with van der Waals surface area (Å²) in [5.41, 5.74) is 1.25. The van der Waals surface area contributed by atoms with E-state index in [0.29, 0.717) is 12.1 Å². The van der Waals surface area contributed by atoms with Crippen LogP contribution in [0, 0.1) is 0 Å². The highest BCUT2D eigenvalue weighted by molar-refractivity contribution is 9.10. The summed E-state index contributed by atoms with van der Waals surface area (Å²) in [6.45, 7) is 4.32. The van der Waals surface area contributed by atoms with Crippen LogP contribution in [0.25, 0.3) is 0 Å². The van der Waals surface area contributed by atoms with E-state index < -0.39 is 0 Å². The number of fused-ring (bicyclic) bond motifs is 1. The molecule has 0 amide bonds. The lowest BCUT2D eigenvalue weighted by Crippen LogP contribution is -2.17. The molecule has 3 rings (SSSR count). The third-order valence-corrected chi connectivity index (χ3v) is 4.05. The number of halogens is 1. The molecule has 4 heteroatoms. The van der Waals surface area contributed by atoms with Crippen molar-refractivity contribution in [2.45, 2.75) is 50.9 Å². The number of epoxide rings is 1. The summed E-state index contributed by atoms with van der Waals surface area (Å²) >= 11 is 3.59. The van der Waals surface area contributed by atoms with Gasteiger partial charge in [-0.15, -0.1) is 0 Å². The standard InChI is InChI=1S/C11H15BrN2O/c1-7(2)14-10(8(12)6-13-14)11-5-3-4-9(11)15-11/h6-7,9H,3-5H2,1-2H3/t9-,11-/m0/s1. The fourth-order valence-corrected chi connectivity index (χ4v) is 3.35. The van der Waals surface area contributed by atoms with Gasteiger partial charge in [0, 0.05) is 6.04 Å². The van der Waals surface area contributed by atoms with Crippen molar-refractivity contribution >= 4 is 15.9 Å². The quantitative estimate of drug-likeness (QED) is 0.774. The van der Waals surface area contributed by atoms with Gasteiger partial charge in [-0.05, 0) is 49.0 Å². The SMILES string of the molecule is CC(C)n1ncc(Br)c1[C@]12CCC[C@@H]1O2. The molecule has 0 bridgehead atoms. The van der Waals surface area contributed by atoms with Crippen molar-refractivity contribution in [2.75, 3.05) is 0 Å². The maximum Gasteiger partial charge on any atom is 0.137 e. The maximum atomic E-state index is 5.87. The monoisotopic (exact) mass is 270 g/mol. The zero-order valence-corrected chi connectivity index (χ0v) is 10.6. The first kappa shape index (κ1) is 9.85. The van der Waals surface area contributed by atoms with Crippen molar-refractivity contribution in [1.82, 2.24) is 9.78 Å². The lowest BCUT2D eigenvalue weighted by Gasteiger charge is -2.15. The molecule has 1 aromatic rings. The Morgan fingerprint density at radius 2 is 2.47 bits per heavy atom. The predicted octanol–water partition coefficient (Wildman–Crippen LogP) is 3.00. The van der Waals surface area contributed by atoms with Gasteiger partial charge in [0.15, 0.2) is 0 Å². The van der Waals surface area contributed by atoms with Crippen molar-refractivity contribution < 1.29 is 4.74 Å². The van der Waals surface area contributed by atoms with Gasteiger partial charge in [-0.3, -0.25) is 4.68 Å². The summed E-state index contributed by atoms with van der Waals surface area (Å²) in [7, 11) is 0. The van der Waals surface area contributed by atoms with E-state index >= 15 is 0 Å². The third-order valence-electron chi connectivity index (χ3n) is 3.47. The van der Waals surface area contributed by atoms with Crippen molar-refractivity contribution in [1.29, 1.82) is 0 Å². The van der Waals surface area contributed by atoms with Gasteiger partial charge in [0.2, 0.25) is 0 Å². The van der Waals surface area contributed by atoms with Crippen LogP contribution < -0.4 is 0 Å². The van der Waals surface area contributed by atoms with Crippen molar-refractivity contribution in [3.8, 4) is 0 Å². The molecule has 0 unspecified atom stereocenters. The number of hydrogen-bond acceptors (Lipinski definition) is 2. The van der Waals surface area contributed by atoms with Gasteiger partial charge in [-0.25, -0.2) is 0 Å². The van der Waals surface area contributed by atoms with Gasteiger partial charge in [0.05, 0.1) is 22.5 Å². The summed E-state index contributed by atoms with van der Waals surface area (Å²) in [5, 5.41) is 4.42. The first-order chi connectivity index (χ1) is 7.15. The molecule has 2 atom stereocenters. The second-order valence-electron chi connectivity index (χ2n) is 4.77. The molecule has 2 aliphatic rings. The molecule has 15 heavy (non-hydrogen) atoms. The molecule has 1 saturated heterocycles. The summed E-state index contributed by atoms with van der Waals surface area (Å²) in [4.78, 5) is 0. The number of aromatic nitrogens is 2. The van der Waals surface area contributed by atoms with Crippen LogP contribution >= 0.6 is 15.9 Å². The Balaban J connectivity index is 2.07. The van der Waals surface area contributed by atoms with Crippen molar-refractivity contribution in [3.63, 3.8) is 0 Å². The number of nitrogens with zero attached hydrogens (tertiary/aromatic N) is 2. The number of rotatable bonds is 2. The van der Waals surface area contributed by atoms with E-state index in [9.17, 15) is 0 Å². The molecule has 0 N–H and O–H groups in total. The third kappa shape index (κ3) is 1.24. The number of ether oxygens (including phenoxy) is 1. The zero-order valence-electron chi connectivity index (χ0n) is 9.03. The van der Waals surface area contributed by atoms with E-state index in [1.807, 2.05) is 6.20 Å². The Morgan fingerprint density at radius 3 is 3.00 bits per heavy atom. The lowest BCUT2D eigenvalue weighted by atomic mass is 10.0. The Labute approximate surface area is 97.9 Å². The van der Waals surface area contributed by atoms with Gasteiger partial charge < -0.3 is 4.74 Å². The fraction of sp³-hybridized carbons (Fsp3) is 0.727. The maximum absolute atomic E-state index is 5.87. The minimum atomic E-state index is -0.000394. The lowest BCUT2D eigenvalue weighted by molar-refractivity contribution is 0.239. The minimum absolute atomic E-state index is 0.000394. The highest BCUT2D eigenvalue weighted by Crippen LogP contribution is 2.58. The average molecular weight is 271 g/mol. The molecular weight excluding hydrogens is 256 g/mol. The van der Waals surface area contributed by atoms with Crippen LogP contribution in [0.1, 0.15) is 44.8 Å². The van der Waals surface area contributed by atoms with E-state index in [0.717, 1.165) is 10.9 Å². The highest BCUT2D eigenvalue weighted by Gasteiger charge is 2.63. The first-order valence-electron chi connectivity index (χ1n) is 5.56. The van der Waals surface area contributed by atoms with Crippen LogP contribution in [0.2, 0.25) is 0 Å². The molecule has 1 aromatic heterocycles. The summed E-state index contributed by atoms with van der Waals surface area (Å²) in [6, 6.07) is 0.395. The van der Waals surface area contributed by atoms with E-state index in [1.54, 1.807) is 0 Å². The van der Waals surface area contributed by atoms with Gasteiger partial charge in [-0.1, -0.05) is 0 Å². The molecule has 2 fully saturated rings. The minimum Gasteiger partial charge on any atom is -0.359 e. The zero-order chi connectivity index (χ0) is 10.6. The average Bonchev–Trinajstić information content (AvgIpc) is 2.59. The Kier molecular flexibility index (Phi) is 2.02. The second kappa shape index (κ2) is 3.08. The van der Waals surface area contributed by atoms with Crippen LogP contribution in [0.3, 0.4) is 0 Å². The van der Waals surface area contributed by atoms with Crippen LogP contribution in [0.15, 0.2) is 10.7 Å². The van der Waals surface area contributed by atoms with Gasteiger partial charge in [0.25, 0.3) is 0 Å². The normalized spacial score (nSPS) is 33.5. The van der Waals surface area contributed by atoms with Crippen LogP contribution in [-0.4, -0.2) is 15.9 Å². The van der Waals surface area contributed by atoms with Crippen molar-refractivity contribution in [2.24, 2.45) is 0 Å². The highest BCUT2D eigenvalue weighted by atomic mass is 79.9. The first-order valence-corrected chi connectivity index (χ1v) is 6.36. The molecule has 0 spiro atoms. The summed E-state index contributed by atoms with van der Waals surface area (Å²) in [5.74, 6) is 0.